The number of pyridine rings is 1. The first-order valence-corrected chi connectivity index (χ1v) is 8.37. The Labute approximate surface area is 132 Å². The first kappa shape index (κ1) is 16.6. The second-order valence-electron chi connectivity index (χ2n) is 5.60. The molecule has 1 aromatic carbocycles. The van der Waals surface area contributed by atoms with Gasteiger partial charge in [0.25, 0.3) is 0 Å². The molecule has 5 nitrogen and oxygen atoms in total. The summed E-state index contributed by atoms with van der Waals surface area (Å²) in [6, 6.07) is 11.1. The fourth-order valence-electron chi connectivity index (χ4n) is 2.13. The number of nitrogens with zero attached hydrogens (tertiary/aromatic N) is 3. The molecule has 0 bridgehead atoms. The zero-order valence-electron chi connectivity index (χ0n) is 13.3. The zero-order chi connectivity index (χ0) is 16.3. The normalized spacial score (nSPS) is 12.1. The molecule has 0 aliphatic heterocycles. The van der Waals surface area contributed by atoms with Crippen molar-refractivity contribution >= 4 is 10.0 Å². The monoisotopic (exact) mass is 319 g/mol. The predicted octanol–water partition coefficient (Wildman–Crippen LogP) is 2.06. The largest absolute Gasteiger partial charge is 0.305 e. The molecule has 0 amide bonds. The molecule has 0 aliphatic carbocycles. The molecule has 0 saturated carbocycles. The van der Waals surface area contributed by atoms with Crippen LogP contribution in [0.15, 0.2) is 47.5 Å². The molecule has 118 valence electrons. The first-order valence-electron chi connectivity index (χ1n) is 6.93. The van der Waals surface area contributed by atoms with Gasteiger partial charge in [0.05, 0.1) is 10.6 Å². The molecule has 0 atom stereocenters. The molecule has 0 N–H and O–H groups in total. The third-order valence-corrected chi connectivity index (χ3v) is 5.04. The predicted molar refractivity (Wildman–Crippen MR) is 87.9 cm³/mol. The maximum absolute atomic E-state index is 12.2. The van der Waals surface area contributed by atoms with E-state index in [1.807, 2.05) is 38.4 Å². The summed E-state index contributed by atoms with van der Waals surface area (Å²) in [6.07, 6.45) is 1.53. The molecule has 6 heteroatoms. The van der Waals surface area contributed by atoms with E-state index in [1.54, 1.807) is 6.07 Å². The lowest BCUT2D eigenvalue weighted by Crippen LogP contribution is -2.22. The maximum Gasteiger partial charge on any atom is 0.242 e. The van der Waals surface area contributed by atoms with E-state index in [9.17, 15) is 8.42 Å². The molecule has 1 heterocycles. The summed E-state index contributed by atoms with van der Waals surface area (Å²) in [5, 5.41) is 0. The summed E-state index contributed by atoms with van der Waals surface area (Å²) in [5.41, 5.74) is 2.73. The van der Waals surface area contributed by atoms with Crippen LogP contribution in [0.1, 0.15) is 5.56 Å². The quantitative estimate of drug-likeness (QED) is 0.846. The van der Waals surface area contributed by atoms with Gasteiger partial charge in [-0.2, -0.15) is 0 Å². The smallest absolute Gasteiger partial charge is 0.242 e. The van der Waals surface area contributed by atoms with Crippen LogP contribution in [0.3, 0.4) is 0 Å². The fourth-order valence-corrected chi connectivity index (χ4v) is 3.05. The van der Waals surface area contributed by atoms with Crippen molar-refractivity contribution < 1.29 is 8.42 Å². The van der Waals surface area contributed by atoms with Crippen LogP contribution in [0.4, 0.5) is 0 Å². The Hall–Kier alpha value is -1.76. The van der Waals surface area contributed by atoms with E-state index >= 15 is 0 Å². The number of hydrogen-bond donors (Lipinski definition) is 0. The Balaban J connectivity index is 2.42. The fraction of sp³-hybridized carbons (Fsp3) is 0.312. The Morgan fingerprint density at radius 2 is 1.77 bits per heavy atom. The SMILES string of the molecule is CN(C)Cc1cccc(-c2cc(S(=O)(=O)N(C)C)ccn2)c1. The van der Waals surface area contributed by atoms with E-state index in [1.165, 1.54) is 30.7 Å². The zero-order valence-corrected chi connectivity index (χ0v) is 14.1. The Kier molecular flexibility index (Phi) is 4.95. The Bertz CT molecular complexity index is 755. The van der Waals surface area contributed by atoms with Crippen molar-refractivity contribution in [3.63, 3.8) is 0 Å². The van der Waals surface area contributed by atoms with Crippen LogP contribution in [0, 0.1) is 0 Å². The summed E-state index contributed by atoms with van der Waals surface area (Å²) in [4.78, 5) is 6.64. The molecule has 0 spiro atoms. The second kappa shape index (κ2) is 6.56. The van der Waals surface area contributed by atoms with Crippen LogP contribution in [-0.4, -0.2) is 50.8 Å². The molecule has 2 aromatic rings. The highest BCUT2D eigenvalue weighted by Crippen LogP contribution is 2.22. The van der Waals surface area contributed by atoms with Gasteiger partial charge in [-0.3, -0.25) is 4.98 Å². The standard InChI is InChI=1S/C16H21N3O2S/c1-18(2)12-13-6-5-7-14(10-13)16-11-15(8-9-17-16)22(20,21)19(3)4/h5-11H,12H2,1-4H3. The molecule has 0 saturated heterocycles. The van der Waals surface area contributed by atoms with Crippen LogP contribution in [0.2, 0.25) is 0 Å². The molecule has 0 radical (unpaired) electrons. The molecule has 0 fully saturated rings. The summed E-state index contributed by atoms with van der Waals surface area (Å²) < 4.78 is 25.6. The van der Waals surface area contributed by atoms with Crippen LogP contribution >= 0.6 is 0 Å². The van der Waals surface area contributed by atoms with Gasteiger partial charge < -0.3 is 4.90 Å². The van der Waals surface area contributed by atoms with Gasteiger partial charge in [0, 0.05) is 32.4 Å². The summed E-state index contributed by atoms with van der Waals surface area (Å²) in [6.45, 7) is 0.823. The second-order valence-corrected chi connectivity index (χ2v) is 7.75. The summed E-state index contributed by atoms with van der Waals surface area (Å²) in [7, 11) is 3.61. The van der Waals surface area contributed by atoms with Crippen molar-refractivity contribution in [2.45, 2.75) is 11.4 Å². The van der Waals surface area contributed by atoms with Crippen molar-refractivity contribution in [3.05, 3.63) is 48.2 Å². The summed E-state index contributed by atoms with van der Waals surface area (Å²) in [5.74, 6) is 0. The van der Waals surface area contributed by atoms with Crippen molar-refractivity contribution in [2.75, 3.05) is 28.2 Å². The first-order chi connectivity index (χ1) is 10.3. The Morgan fingerprint density at radius 3 is 2.41 bits per heavy atom. The van der Waals surface area contributed by atoms with Crippen molar-refractivity contribution in [2.24, 2.45) is 0 Å². The highest BCUT2D eigenvalue weighted by atomic mass is 32.2. The minimum absolute atomic E-state index is 0.250. The Morgan fingerprint density at radius 1 is 1.05 bits per heavy atom. The van der Waals surface area contributed by atoms with Gasteiger partial charge >= 0.3 is 0 Å². The maximum atomic E-state index is 12.2. The number of rotatable bonds is 5. The van der Waals surface area contributed by atoms with Gasteiger partial charge in [-0.25, -0.2) is 12.7 Å². The van der Waals surface area contributed by atoms with E-state index < -0.39 is 10.0 Å². The van der Waals surface area contributed by atoms with Crippen LogP contribution in [0.25, 0.3) is 11.3 Å². The topological polar surface area (TPSA) is 53.5 Å². The van der Waals surface area contributed by atoms with Crippen molar-refractivity contribution in [1.82, 2.24) is 14.2 Å². The van der Waals surface area contributed by atoms with E-state index in [2.05, 4.69) is 9.88 Å². The lowest BCUT2D eigenvalue weighted by atomic mass is 10.1. The molecule has 1 aromatic heterocycles. The minimum Gasteiger partial charge on any atom is -0.305 e. The highest BCUT2D eigenvalue weighted by molar-refractivity contribution is 7.89. The van der Waals surface area contributed by atoms with Gasteiger partial charge in [-0.15, -0.1) is 0 Å². The third kappa shape index (κ3) is 3.71. The number of sulfonamides is 1. The highest BCUT2D eigenvalue weighted by Gasteiger charge is 2.18. The average molecular weight is 319 g/mol. The van der Waals surface area contributed by atoms with Gasteiger partial charge in [0.2, 0.25) is 10.0 Å². The van der Waals surface area contributed by atoms with Crippen LogP contribution in [-0.2, 0) is 16.6 Å². The lowest BCUT2D eigenvalue weighted by molar-refractivity contribution is 0.402. The lowest BCUT2D eigenvalue weighted by Gasteiger charge is -2.13. The number of aromatic nitrogens is 1. The molecule has 0 unspecified atom stereocenters. The number of benzene rings is 1. The minimum atomic E-state index is -3.45. The molecular weight excluding hydrogens is 298 g/mol. The van der Waals surface area contributed by atoms with E-state index in [4.69, 9.17) is 0 Å². The van der Waals surface area contributed by atoms with Gasteiger partial charge in [-0.1, -0.05) is 18.2 Å². The average Bonchev–Trinajstić information content (AvgIpc) is 2.47. The third-order valence-electron chi connectivity index (χ3n) is 3.23. The van der Waals surface area contributed by atoms with Crippen molar-refractivity contribution in [1.29, 1.82) is 0 Å². The van der Waals surface area contributed by atoms with Crippen LogP contribution < -0.4 is 0 Å². The molecule has 2 rings (SSSR count). The molecule has 22 heavy (non-hydrogen) atoms. The van der Waals surface area contributed by atoms with E-state index in [-0.39, 0.29) is 4.90 Å². The van der Waals surface area contributed by atoms with Gasteiger partial charge in [0.15, 0.2) is 0 Å². The van der Waals surface area contributed by atoms with Gasteiger partial charge in [0.1, 0.15) is 0 Å². The van der Waals surface area contributed by atoms with E-state index in [0.717, 1.165) is 17.7 Å². The van der Waals surface area contributed by atoms with Crippen molar-refractivity contribution in [3.8, 4) is 11.3 Å². The molecule has 0 aliphatic rings. The van der Waals surface area contributed by atoms with E-state index in [0.29, 0.717) is 5.69 Å². The summed E-state index contributed by atoms with van der Waals surface area (Å²) >= 11 is 0. The molecular formula is C16H21N3O2S. The number of hydrogen-bond acceptors (Lipinski definition) is 4. The van der Waals surface area contributed by atoms with Gasteiger partial charge in [-0.05, 0) is 37.9 Å². The van der Waals surface area contributed by atoms with Crippen LogP contribution in [0.5, 0.6) is 0 Å².